The second kappa shape index (κ2) is 6.02. The molecule has 5 nitrogen and oxygen atoms in total. The van der Waals surface area contributed by atoms with Crippen LogP contribution >= 0.6 is 12.0 Å². The Morgan fingerprint density at radius 3 is 2.64 bits per heavy atom. The molecule has 1 amide bonds. The molecule has 0 saturated carbocycles. The molecule has 1 N–H and O–H groups in total. The second-order valence-corrected chi connectivity index (χ2v) is 4.18. The minimum absolute atomic E-state index is 0.223. The first kappa shape index (κ1) is 13.4. The summed E-state index contributed by atoms with van der Waals surface area (Å²) in [6.45, 7) is 8.73. The molecular weight excluding hydrogens is 206 g/mol. The van der Waals surface area contributed by atoms with Crippen molar-refractivity contribution in [3.05, 3.63) is 12.2 Å². The molecule has 0 spiro atoms. The van der Waals surface area contributed by atoms with Crippen LogP contribution in [0, 0.1) is 0 Å². The van der Waals surface area contributed by atoms with Crippen LogP contribution < -0.4 is 10.6 Å². The zero-order chi connectivity index (χ0) is 11.2. The van der Waals surface area contributed by atoms with E-state index >= 15 is 0 Å². The summed E-state index contributed by atoms with van der Waals surface area (Å²) in [4.78, 5) is 11.2. The first-order valence-electron chi connectivity index (χ1n) is 3.95. The van der Waals surface area contributed by atoms with E-state index in [-0.39, 0.29) is 5.91 Å². The number of rotatable bonds is 6. The van der Waals surface area contributed by atoms with Crippen LogP contribution in [0.3, 0.4) is 0 Å². The van der Waals surface area contributed by atoms with Gasteiger partial charge in [0.2, 0.25) is 5.91 Å². The van der Waals surface area contributed by atoms with Crippen molar-refractivity contribution < 1.29 is 19.4 Å². The van der Waals surface area contributed by atoms with Crippen molar-refractivity contribution in [2.24, 2.45) is 0 Å². The van der Waals surface area contributed by atoms with E-state index < -0.39 is 5.54 Å². The highest BCUT2D eigenvalue weighted by atomic mass is 32.2. The lowest BCUT2D eigenvalue weighted by Crippen LogP contribution is -2.45. The topological polar surface area (TPSA) is 70.6 Å². The summed E-state index contributed by atoms with van der Waals surface area (Å²) < 4.78 is 4.10. The van der Waals surface area contributed by atoms with E-state index in [9.17, 15) is 10.1 Å². The Labute approximate surface area is 87.5 Å². The van der Waals surface area contributed by atoms with Crippen LogP contribution in [-0.4, -0.2) is 17.2 Å². The Morgan fingerprint density at radius 2 is 2.21 bits per heavy atom. The van der Waals surface area contributed by atoms with E-state index in [1.54, 1.807) is 20.8 Å². The molecule has 0 saturated heterocycles. The van der Waals surface area contributed by atoms with Crippen LogP contribution in [0.2, 0.25) is 0 Å². The Hall–Kier alpha value is -0.560. The van der Waals surface area contributed by atoms with Crippen LogP contribution in [0.1, 0.15) is 20.8 Å². The quantitative estimate of drug-likeness (QED) is 0.230. The Bertz CT molecular complexity index is 217. The zero-order valence-corrected chi connectivity index (χ0v) is 9.27. The summed E-state index contributed by atoms with van der Waals surface area (Å²) in [5.74, 6) is 0.174. The van der Waals surface area contributed by atoms with Gasteiger partial charge in [-0.3, -0.25) is 9.83 Å². The van der Waals surface area contributed by atoms with Crippen molar-refractivity contribution >= 4 is 17.9 Å². The maximum Gasteiger partial charge on any atom is 0.246 e. The van der Waals surface area contributed by atoms with Crippen molar-refractivity contribution in [3.8, 4) is 0 Å². The summed E-state index contributed by atoms with van der Waals surface area (Å²) >= 11 is 0.835. The van der Waals surface area contributed by atoms with Crippen LogP contribution in [-0.2, 0) is 14.2 Å². The zero-order valence-electron chi connectivity index (χ0n) is 8.46. The third-order valence-electron chi connectivity index (χ3n) is 1.34. The van der Waals surface area contributed by atoms with Crippen LogP contribution in [0.25, 0.3) is 0 Å². The fourth-order valence-corrected chi connectivity index (χ4v) is 1.10. The average Bonchev–Trinajstić information content (AvgIpc) is 2.03. The molecule has 0 rings (SSSR count). The van der Waals surface area contributed by atoms with Crippen molar-refractivity contribution in [1.82, 2.24) is 5.32 Å². The molecule has 0 radical (unpaired) electrons. The standard InChI is InChI=1S/C8H15NO4S/c1-6(2)7(10)9-8(3,4)5-14-13-12-11/h11H,1,5H2,2-4H3,(H,9,10)/p-1. The van der Waals surface area contributed by atoms with E-state index in [2.05, 4.69) is 21.3 Å². The summed E-state index contributed by atoms with van der Waals surface area (Å²) in [5.41, 5.74) is -0.0526. The van der Waals surface area contributed by atoms with Gasteiger partial charge in [0.05, 0.1) is 0 Å². The Morgan fingerprint density at radius 1 is 1.64 bits per heavy atom. The molecular formula is C8H14NO4S-. The van der Waals surface area contributed by atoms with Gasteiger partial charge in [0.25, 0.3) is 0 Å². The molecule has 0 aliphatic rings. The van der Waals surface area contributed by atoms with Crippen molar-refractivity contribution in [3.63, 3.8) is 0 Å². The van der Waals surface area contributed by atoms with Gasteiger partial charge in [-0.2, -0.15) is 4.33 Å². The highest BCUT2D eigenvalue weighted by molar-refractivity contribution is 7.94. The monoisotopic (exact) mass is 220 g/mol. The molecule has 0 heterocycles. The van der Waals surface area contributed by atoms with Crippen LogP contribution in [0.15, 0.2) is 12.2 Å². The van der Waals surface area contributed by atoms with E-state index in [1.807, 2.05) is 0 Å². The van der Waals surface area contributed by atoms with Gasteiger partial charge in [-0.25, -0.2) is 0 Å². The highest BCUT2D eigenvalue weighted by Crippen LogP contribution is 2.13. The molecule has 0 unspecified atom stereocenters. The molecule has 0 fully saturated rings. The minimum Gasteiger partial charge on any atom is -0.691 e. The molecule has 0 atom stereocenters. The van der Waals surface area contributed by atoms with Gasteiger partial charge >= 0.3 is 0 Å². The predicted molar refractivity (Wildman–Crippen MR) is 51.7 cm³/mol. The number of carbonyl (C=O) groups excluding carboxylic acids is 1. The highest BCUT2D eigenvalue weighted by Gasteiger charge is 2.21. The third-order valence-corrected chi connectivity index (χ3v) is 2.33. The molecule has 82 valence electrons. The fraction of sp³-hybridized carbons (Fsp3) is 0.625. The van der Waals surface area contributed by atoms with Gasteiger partial charge in [-0.1, -0.05) is 6.58 Å². The van der Waals surface area contributed by atoms with Crippen molar-refractivity contribution in [2.45, 2.75) is 26.3 Å². The van der Waals surface area contributed by atoms with Crippen molar-refractivity contribution in [2.75, 3.05) is 5.75 Å². The number of hydrogen-bond donors (Lipinski definition) is 1. The minimum atomic E-state index is -0.487. The number of amides is 1. The molecule has 0 bridgehead atoms. The summed E-state index contributed by atoms with van der Waals surface area (Å²) in [7, 11) is 0. The molecule has 0 aromatic heterocycles. The number of carbonyl (C=O) groups is 1. The lowest BCUT2D eigenvalue weighted by atomic mass is 10.1. The maximum absolute atomic E-state index is 11.2. The summed E-state index contributed by atoms with van der Waals surface area (Å²) in [5, 5.41) is 15.4. The average molecular weight is 220 g/mol. The Kier molecular flexibility index (Phi) is 5.78. The summed E-state index contributed by atoms with van der Waals surface area (Å²) in [6.07, 6.45) is 0. The van der Waals surface area contributed by atoms with E-state index in [1.165, 1.54) is 0 Å². The van der Waals surface area contributed by atoms with Gasteiger partial charge in [-0.15, -0.1) is 0 Å². The van der Waals surface area contributed by atoms with Crippen LogP contribution in [0.5, 0.6) is 0 Å². The summed E-state index contributed by atoms with van der Waals surface area (Å²) in [6, 6.07) is 0. The first-order valence-corrected chi connectivity index (χ1v) is 4.86. The molecule has 0 aromatic carbocycles. The molecule has 0 aliphatic carbocycles. The molecule has 0 aliphatic heterocycles. The largest absolute Gasteiger partial charge is 0.691 e. The van der Waals surface area contributed by atoms with Crippen molar-refractivity contribution in [1.29, 1.82) is 0 Å². The molecule has 0 aromatic rings. The second-order valence-electron chi connectivity index (χ2n) is 3.52. The van der Waals surface area contributed by atoms with E-state index in [0.717, 1.165) is 12.0 Å². The maximum atomic E-state index is 11.2. The van der Waals surface area contributed by atoms with Gasteiger partial charge < -0.3 is 10.6 Å². The smallest absolute Gasteiger partial charge is 0.246 e. The predicted octanol–water partition coefficient (Wildman–Crippen LogP) is 0.329. The van der Waals surface area contributed by atoms with Gasteiger partial charge in [0, 0.05) is 28.9 Å². The number of nitrogens with one attached hydrogen (secondary N) is 1. The Balaban J connectivity index is 3.93. The third kappa shape index (κ3) is 5.98. The fourth-order valence-electron chi connectivity index (χ4n) is 0.641. The van der Waals surface area contributed by atoms with E-state index in [4.69, 9.17) is 0 Å². The van der Waals surface area contributed by atoms with Crippen LogP contribution in [0.4, 0.5) is 0 Å². The van der Waals surface area contributed by atoms with E-state index in [0.29, 0.717) is 11.3 Å². The molecule has 14 heavy (non-hydrogen) atoms. The van der Waals surface area contributed by atoms with Gasteiger partial charge in [0.1, 0.15) is 0 Å². The normalized spacial score (nSPS) is 11.1. The van der Waals surface area contributed by atoms with Gasteiger partial charge in [-0.05, 0) is 20.8 Å². The SMILES string of the molecule is C=C(C)C(=O)NC(C)(C)CSOO[O-]. The van der Waals surface area contributed by atoms with Gasteiger partial charge in [0.15, 0.2) is 0 Å². The lowest BCUT2D eigenvalue weighted by Gasteiger charge is -2.25. The first-order chi connectivity index (χ1) is 6.39. The molecule has 6 heteroatoms. The lowest BCUT2D eigenvalue weighted by molar-refractivity contribution is -0.777. The number of hydrogen-bond acceptors (Lipinski definition) is 5.